The van der Waals surface area contributed by atoms with Gasteiger partial charge in [0, 0.05) is 28.9 Å². The van der Waals surface area contributed by atoms with Gasteiger partial charge < -0.3 is 19.5 Å². The van der Waals surface area contributed by atoms with E-state index in [1.165, 1.54) is 21.3 Å². The average Bonchev–Trinajstić information content (AvgIpc) is 3.18. The molecule has 1 heterocycles. The van der Waals surface area contributed by atoms with Crippen LogP contribution in [0.4, 0.5) is 5.69 Å². The standard InChI is InChI=1S/C19H22ClN3O4/c1-25-16-8-13(9-17(26-2)18(16)27-3)21-19(24)15-10-14(22-23-15)11-4-6-12(20)7-5-11/h4-9,14-15,22-23H,10H2,1-3H3,(H,21,24). The van der Waals surface area contributed by atoms with Gasteiger partial charge in [0.2, 0.25) is 11.7 Å². The maximum Gasteiger partial charge on any atom is 0.242 e. The van der Waals surface area contributed by atoms with Crippen molar-refractivity contribution < 1.29 is 19.0 Å². The highest BCUT2D eigenvalue weighted by atomic mass is 35.5. The topological polar surface area (TPSA) is 80.9 Å². The van der Waals surface area contributed by atoms with Crippen LogP contribution in [0.25, 0.3) is 0 Å². The summed E-state index contributed by atoms with van der Waals surface area (Å²) in [4.78, 5) is 12.7. The number of carbonyl (C=O) groups is 1. The quantitative estimate of drug-likeness (QED) is 0.702. The molecule has 1 saturated heterocycles. The molecule has 27 heavy (non-hydrogen) atoms. The van der Waals surface area contributed by atoms with Crippen LogP contribution in [-0.2, 0) is 4.79 Å². The Labute approximate surface area is 162 Å². The van der Waals surface area contributed by atoms with Crippen LogP contribution in [0.1, 0.15) is 18.0 Å². The van der Waals surface area contributed by atoms with Gasteiger partial charge in [-0.05, 0) is 24.1 Å². The zero-order valence-electron chi connectivity index (χ0n) is 15.3. The third-order valence-electron chi connectivity index (χ3n) is 4.42. The van der Waals surface area contributed by atoms with Crippen LogP contribution >= 0.6 is 11.6 Å². The number of rotatable bonds is 6. The van der Waals surface area contributed by atoms with Gasteiger partial charge in [-0.3, -0.25) is 4.79 Å². The predicted octanol–water partition coefficient (Wildman–Crippen LogP) is 2.91. The Balaban J connectivity index is 1.70. The van der Waals surface area contributed by atoms with Crippen LogP contribution in [0.3, 0.4) is 0 Å². The number of carbonyl (C=O) groups excluding carboxylic acids is 1. The van der Waals surface area contributed by atoms with Crippen molar-refractivity contribution in [2.75, 3.05) is 26.6 Å². The summed E-state index contributed by atoms with van der Waals surface area (Å²) in [6.45, 7) is 0. The van der Waals surface area contributed by atoms with Crippen LogP contribution in [-0.4, -0.2) is 33.3 Å². The highest BCUT2D eigenvalue weighted by Gasteiger charge is 2.30. The van der Waals surface area contributed by atoms with Crippen molar-refractivity contribution in [3.63, 3.8) is 0 Å². The molecule has 8 heteroatoms. The molecule has 3 rings (SSSR count). The van der Waals surface area contributed by atoms with Crippen molar-refractivity contribution in [1.29, 1.82) is 0 Å². The lowest BCUT2D eigenvalue weighted by molar-refractivity contribution is -0.117. The number of anilines is 1. The Morgan fingerprint density at radius 2 is 1.67 bits per heavy atom. The Kier molecular flexibility index (Phi) is 6.05. The summed E-state index contributed by atoms with van der Waals surface area (Å²) in [6.07, 6.45) is 0.609. The van der Waals surface area contributed by atoms with E-state index < -0.39 is 0 Å². The molecule has 0 aliphatic carbocycles. The van der Waals surface area contributed by atoms with E-state index in [2.05, 4.69) is 16.2 Å². The highest BCUT2D eigenvalue weighted by molar-refractivity contribution is 6.30. The van der Waals surface area contributed by atoms with Crippen molar-refractivity contribution in [1.82, 2.24) is 10.9 Å². The number of ether oxygens (including phenoxy) is 3. The summed E-state index contributed by atoms with van der Waals surface area (Å²) in [5.74, 6) is 1.27. The lowest BCUT2D eigenvalue weighted by Crippen LogP contribution is -2.39. The van der Waals surface area contributed by atoms with Crippen LogP contribution in [0.2, 0.25) is 5.02 Å². The normalized spacial score (nSPS) is 18.8. The molecule has 1 amide bonds. The Bertz CT molecular complexity index is 788. The lowest BCUT2D eigenvalue weighted by Gasteiger charge is -2.16. The van der Waals surface area contributed by atoms with Gasteiger partial charge >= 0.3 is 0 Å². The third kappa shape index (κ3) is 4.27. The van der Waals surface area contributed by atoms with Crippen LogP contribution in [0, 0.1) is 0 Å². The molecule has 144 valence electrons. The largest absolute Gasteiger partial charge is 0.493 e. The van der Waals surface area contributed by atoms with E-state index in [0.29, 0.717) is 34.4 Å². The van der Waals surface area contributed by atoms with Gasteiger partial charge in [-0.2, -0.15) is 0 Å². The van der Waals surface area contributed by atoms with E-state index >= 15 is 0 Å². The predicted molar refractivity (Wildman–Crippen MR) is 104 cm³/mol. The zero-order valence-corrected chi connectivity index (χ0v) is 16.1. The average molecular weight is 392 g/mol. The molecular weight excluding hydrogens is 370 g/mol. The summed E-state index contributed by atoms with van der Waals surface area (Å²) in [6, 6.07) is 10.6. The first-order valence-corrected chi connectivity index (χ1v) is 8.81. The van der Waals surface area contributed by atoms with E-state index in [9.17, 15) is 4.79 Å². The van der Waals surface area contributed by atoms with E-state index in [1.54, 1.807) is 12.1 Å². The molecule has 2 unspecified atom stereocenters. The van der Waals surface area contributed by atoms with Crippen LogP contribution < -0.4 is 30.4 Å². The van der Waals surface area contributed by atoms with Crippen LogP contribution in [0.5, 0.6) is 17.2 Å². The maximum absolute atomic E-state index is 12.7. The first-order chi connectivity index (χ1) is 13.0. The molecule has 2 aromatic carbocycles. The first-order valence-electron chi connectivity index (χ1n) is 8.43. The van der Waals surface area contributed by atoms with Crippen LogP contribution in [0.15, 0.2) is 36.4 Å². The second-order valence-electron chi connectivity index (χ2n) is 6.08. The summed E-state index contributed by atoms with van der Waals surface area (Å²) in [5.41, 5.74) is 7.81. The highest BCUT2D eigenvalue weighted by Crippen LogP contribution is 2.40. The molecule has 0 spiro atoms. The van der Waals surface area contributed by atoms with Crippen molar-refractivity contribution in [2.45, 2.75) is 18.5 Å². The van der Waals surface area contributed by atoms with Crippen molar-refractivity contribution in [2.24, 2.45) is 0 Å². The molecule has 1 aliphatic heterocycles. The summed E-state index contributed by atoms with van der Waals surface area (Å²) in [7, 11) is 4.59. The minimum atomic E-state index is -0.384. The van der Waals surface area contributed by atoms with E-state index in [0.717, 1.165) is 5.56 Å². The molecule has 3 N–H and O–H groups in total. The minimum absolute atomic E-state index is 0.0259. The van der Waals surface area contributed by atoms with Gasteiger partial charge in [0.15, 0.2) is 11.5 Å². The second kappa shape index (κ2) is 8.47. The molecular formula is C19H22ClN3O4. The molecule has 2 atom stereocenters. The van der Waals surface area contributed by atoms with Gasteiger partial charge in [0.25, 0.3) is 0 Å². The van der Waals surface area contributed by atoms with Gasteiger partial charge in [0.1, 0.15) is 6.04 Å². The fourth-order valence-corrected chi connectivity index (χ4v) is 3.15. The fourth-order valence-electron chi connectivity index (χ4n) is 3.02. The minimum Gasteiger partial charge on any atom is -0.493 e. The molecule has 0 bridgehead atoms. The first kappa shape index (κ1) is 19.3. The van der Waals surface area contributed by atoms with Crippen molar-refractivity contribution in [3.8, 4) is 17.2 Å². The summed E-state index contributed by atoms with van der Waals surface area (Å²) in [5, 5.41) is 3.57. The molecule has 1 fully saturated rings. The number of nitrogens with one attached hydrogen (secondary N) is 3. The van der Waals surface area contributed by atoms with Crippen molar-refractivity contribution in [3.05, 3.63) is 47.0 Å². The summed E-state index contributed by atoms with van der Waals surface area (Å²) >= 11 is 5.93. The second-order valence-corrected chi connectivity index (χ2v) is 6.52. The van der Waals surface area contributed by atoms with E-state index in [-0.39, 0.29) is 18.0 Å². The Morgan fingerprint density at radius 3 is 2.22 bits per heavy atom. The number of hydrogen-bond acceptors (Lipinski definition) is 6. The zero-order chi connectivity index (χ0) is 19.4. The monoisotopic (exact) mass is 391 g/mol. The number of halogens is 1. The van der Waals surface area contributed by atoms with Gasteiger partial charge in [-0.1, -0.05) is 23.7 Å². The number of hydrazine groups is 1. The SMILES string of the molecule is COc1cc(NC(=O)C2CC(c3ccc(Cl)cc3)NN2)cc(OC)c1OC. The van der Waals surface area contributed by atoms with Gasteiger partial charge in [0.05, 0.1) is 21.3 Å². The Hall–Kier alpha value is -2.48. The molecule has 7 nitrogen and oxygen atoms in total. The number of methoxy groups -OCH3 is 3. The summed E-state index contributed by atoms with van der Waals surface area (Å²) < 4.78 is 15.9. The Morgan fingerprint density at radius 1 is 1.04 bits per heavy atom. The van der Waals surface area contributed by atoms with Gasteiger partial charge in [-0.25, -0.2) is 10.9 Å². The molecule has 0 saturated carbocycles. The van der Waals surface area contributed by atoms with E-state index in [4.69, 9.17) is 25.8 Å². The lowest BCUT2D eigenvalue weighted by atomic mass is 10.0. The maximum atomic E-state index is 12.7. The van der Waals surface area contributed by atoms with E-state index in [1.807, 2.05) is 24.3 Å². The van der Waals surface area contributed by atoms with Gasteiger partial charge in [-0.15, -0.1) is 0 Å². The molecule has 0 radical (unpaired) electrons. The molecule has 1 aliphatic rings. The number of hydrogen-bond donors (Lipinski definition) is 3. The molecule has 0 aromatic heterocycles. The smallest absolute Gasteiger partial charge is 0.242 e. The molecule has 2 aromatic rings. The third-order valence-corrected chi connectivity index (χ3v) is 4.68. The van der Waals surface area contributed by atoms with Crippen molar-refractivity contribution >= 4 is 23.2 Å². The number of benzene rings is 2. The number of amides is 1. The fraction of sp³-hybridized carbons (Fsp3) is 0.316.